The van der Waals surface area contributed by atoms with E-state index >= 15 is 0 Å². The molecule has 1 aromatic carbocycles. The molecule has 1 heterocycles. The van der Waals surface area contributed by atoms with E-state index in [4.69, 9.17) is 4.74 Å². The number of piperazine rings is 1. The van der Waals surface area contributed by atoms with E-state index in [1.807, 2.05) is 0 Å². The molecular weight excluding hydrogens is 382 g/mol. The van der Waals surface area contributed by atoms with Gasteiger partial charge in [-0.25, -0.2) is 13.1 Å². The summed E-state index contributed by atoms with van der Waals surface area (Å²) in [6, 6.07) is 6.37. The first-order valence-corrected chi connectivity index (χ1v) is 11.3. The van der Waals surface area contributed by atoms with Crippen LogP contribution in [0.5, 0.6) is 5.75 Å². The van der Waals surface area contributed by atoms with Gasteiger partial charge < -0.3 is 9.64 Å². The van der Waals surface area contributed by atoms with Crippen molar-refractivity contribution in [3.05, 3.63) is 29.8 Å². The van der Waals surface area contributed by atoms with Crippen LogP contribution in [-0.4, -0.2) is 81.5 Å². The predicted octanol–water partition coefficient (Wildman–Crippen LogP) is 0.740. The molecule has 2 rings (SSSR count). The monoisotopic (exact) mass is 411 g/mol. The number of ketones is 1. The van der Waals surface area contributed by atoms with Gasteiger partial charge in [0.25, 0.3) is 0 Å². The molecule has 9 heteroatoms. The third-order valence-corrected chi connectivity index (χ3v) is 5.38. The number of nitrogens with zero attached hydrogens (tertiary/aromatic N) is 2. The van der Waals surface area contributed by atoms with E-state index < -0.39 is 16.1 Å². The summed E-state index contributed by atoms with van der Waals surface area (Å²) in [6.45, 7) is 7.22. The van der Waals surface area contributed by atoms with E-state index in [0.29, 0.717) is 25.3 Å². The van der Waals surface area contributed by atoms with Gasteiger partial charge in [0.05, 0.1) is 18.9 Å². The third-order valence-electron chi connectivity index (χ3n) is 4.59. The molecule has 8 nitrogen and oxygen atoms in total. The fourth-order valence-electron chi connectivity index (χ4n) is 3.10. The van der Waals surface area contributed by atoms with Gasteiger partial charge in [-0.3, -0.25) is 14.5 Å². The zero-order valence-electron chi connectivity index (χ0n) is 16.7. The topological polar surface area (TPSA) is 96.0 Å². The van der Waals surface area contributed by atoms with Crippen molar-refractivity contribution in [2.75, 3.05) is 45.6 Å². The van der Waals surface area contributed by atoms with Crippen LogP contribution in [0.1, 0.15) is 30.6 Å². The second-order valence-electron chi connectivity index (χ2n) is 7.06. The minimum atomic E-state index is -3.40. The highest BCUT2D eigenvalue weighted by molar-refractivity contribution is 7.88. The summed E-state index contributed by atoms with van der Waals surface area (Å²) in [7, 11) is -3.40. The number of nitrogens with one attached hydrogen (secondary N) is 1. The van der Waals surface area contributed by atoms with Crippen LogP contribution < -0.4 is 9.46 Å². The van der Waals surface area contributed by atoms with Crippen LogP contribution in [0, 0.1) is 0 Å². The van der Waals surface area contributed by atoms with Gasteiger partial charge >= 0.3 is 0 Å². The first-order chi connectivity index (χ1) is 13.2. The summed E-state index contributed by atoms with van der Waals surface area (Å²) in [5.41, 5.74) is 0.667. The molecular formula is C19H29N3O5S. The molecule has 1 fully saturated rings. The number of ether oxygens (including phenoxy) is 1. The van der Waals surface area contributed by atoms with E-state index in [2.05, 4.69) is 9.62 Å². The van der Waals surface area contributed by atoms with Gasteiger partial charge in [0.15, 0.2) is 5.78 Å². The van der Waals surface area contributed by atoms with Crippen LogP contribution in [0.2, 0.25) is 0 Å². The third kappa shape index (κ3) is 7.21. The summed E-state index contributed by atoms with van der Waals surface area (Å²) >= 11 is 0. The van der Waals surface area contributed by atoms with Gasteiger partial charge in [-0.05, 0) is 44.5 Å². The first kappa shape index (κ1) is 22.3. The Balaban J connectivity index is 1.66. The van der Waals surface area contributed by atoms with Crippen molar-refractivity contribution in [1.29, 1.82) is 0 Å². The van der Waals surface area contributed by atoms with Crippen LogP contribution >= 0.6 is 0 Å². The normalized spacial score (nSPS) is 16.6. The quantitative estimate of drug-likeness (QED) is 0.476. The maximum absolute atomic E-state index is 12.3. The number of Topliss-reactive ketones (excluding diaryl/α,β-unsaturated/α-hetero) is 1. The van der Waals surface area contributed by atoms with E-state index in [0.717, 1.165) is 38.1 Å². The highest BCUT2D eigenvalue weighted by Crippen LogP contribution is 2.13. The molecule has 1 N–H and O–H groups in total. The summed E-state index contributed by atoms with van der Waals surface area (Å²) in [5.74, 6) is 0.584. The van der Waals surface area contributed by atoms with Crippen LogP contribution in [0.15, 0.2) is 24.3 Å². The lowest BCUT2D eigenvalue weighted by atomic mass is 10.1. The fourth-order valence-corrected chi connectivity index (χ4v) is 3.84. The predicted molar refractivity (Wildman–Crippen MR) is 107 cm³/mol. The summed E-state index contributed by atoms with van der Waals surface area (Å²) in [5, 5.41) is 0. The molecule has 0 aliphatic carbocycles. The number of carbonyl (C=O) groups is 2. The molecule has 156 valence electrons. The molecule has 1 aliphatic rings. The molecule has 1 atom stereocenters. The minimum absolute atomic E-state index is 0.0330. The smallest absolute Gasteiger partial charge is 0.240 e. The van der Waals surface area contributed by atoms with Crippen molar-refractivity contribution in [3.8, 4) is 5.75 Å². The number of amides is 1. The van der Waals surface area contributed by atoms with Crippen LogP contribution in [-0.2, 0) is 14.8 Å². The molecule has 1 saturated heterocycles. The second kappa shape index (κ2) is 9.99. The van der Waals surface area contributed by atoms with Gasteiger partial charge in [0.2, 0.25) is 15.9 Å². The standard InChI is InChI=1S/C19H29N3O5S/c1-15(20-28(3,25)26)19(24)22-12-10-21(11-13-22)9-4-14-27-18-7-5-17(6-8-18)16(2)23/h5-8,15,20H,4,9-14H2,1-3H3. The molecule has 0 spiro atoms. The summed E-state index contributed by atoms with van der Waals surface area (Å²) in [4.78, 5) is 27.5. The number of hydrogen-bond donors (Lipinski definition) is 1. The summed E-state index contributed by atoms with van der Waals surface area (Å²) in [6.07, 6.45) is 1.91. The van der Waals surface area contributed by atoms with E-state index in [1.165, 1.54) is 6.92 Å². The molecule has 0 bridgehead atoms. The van der Waals surface area contributed by atoms with Crippen LogP contribution in [0.3, 0.4) is 0 Å². The molecule has 0 radical (unpaired) electrons. The lowest BCUT2D eigenvalue weighted by molar-refractivity contribution is -0.134. The van der Waals surface area contributed by atoms with Gasteiger partial charge in [-0.2, -0.15) is 0 Å². The van der Waals surface area contributed by atoms with Gasteiger partial charge in [0, 0.05) is 38.3 Å². The van der Waals surface area contributed by atoms with E-state index in [9.17, 15) is 18.0 Å². The van der Waals surface area contributed by atoms with Gasteiger partial charge in [-0.15, -0.1) is 0 Å². The number of carbonyl (C=O) groups excluding carboxylic acids is 2. The minimum Gasteiger partial charge on any atom is -0.494 e. The Labute approximate surface area is 166 Å². The molecule has 0 aromatic heterocycles. The maximum Gasteiger partial charge on any atom is 0.240 e. The number of benzene rings is 1. The van der Waals surface area contributed by atoms with Gasteiger partial charge in [-0.1, -0.05) is 0 Å². The molecule has 1 amide bonds. The Kier molecular flexibility index (Phi) is 7.97. The Hall–Kier alpha value is -1.97. The van der Waals surface area contributed by atoms with Crippen molar-refractivity contribution < 1.29 is 22.7 Å². The Morgan fingerprint density at radius 3 is 2.29 bits per heavy atom. The van der Waals surface area contributed by atoms with Crippen molar-refractivity contribution in [1.82, 2.24) is 14.5 Å². The second-order valence-corrected chi connectivity index (χ2v) is 8.84. The van der Waals surface area contributed by atoms with Gasteiger partial charge in [0.1, 0.15) is 5.75 Å². The highest BCUT2D eigenvalue weighted by atomic mass is 32.2. The zero-order valence-corrected chi connectivity index (χ0v) is 17.5. The molecule has 28 heavy (non-hydrogen) atoms. The fraction of sp³-hybridized carbons (Fsp3) is 0.579. The molecule has 1 unspecified atom stereocenters. The number of rotatable bonds is 9. The first-order valence-electron chi connectivity index (χ1n) is 9.38. The largest absolute Gasteiger partial charge is 0.494 e. The number of hydrogen-bond acceptors (Lipinski definition) is 6. The number of sulfonamides is 1. The molecule has 1 aromatic rings. The van der Waals surface area contributed by atoms with Crippen LogP contribution in [0.4, 0.5) is 0 Å². The van der Waals surface area contributed by atoms with Crippen molar-refractivity contribution in [2.24, 2.45) is 0 Å². The van der Waals surface area contributed by atoms with Crippen molar-refractivity contribution in [2.45, 2.75) is 26.3 Å². The Bertz CT molecular complexity index is 771. The SMILES string of the molecule is CC(=O)c1ccc(OCCCN2CCN(C(=O)C(C)NS(C)(=O)=O)CC2)cc1. The van der Waals surface area contributed by atoms with Crippen molar-refractivity contribution in [3.63, 3.8) is 0 Å². The summed E-state index contributed by atoms with van der Waals surface area (Å²) < 4.78 is 30.5. The lowest BCUT2D eigenvalue weighted by Crippen LogP contribution is -2.54. The van der Waals surface area contributed by atoms with Crippen molar-refractivity contribution >= 4 is 21.7 Å². The molecule has 1 aliphatic heterocycles. The molecule has 0 saturated carbocycles. The zero-order chi connectivity index (χ0) is 20.7. The Morgan fingerprint density at radius 2 is 1.75 bits per heavy atom. The van der Waals surface area contributed by atoms with E-state index in [1.54, 1.807) is 36.1 Å². The van der Waals surface area contributed by atoms with Crippen LogP contribution in [0.25, 0.3) is 0 Å². The highest BCUT2D eigenvalue weighted by Gasteiger charge is 2.26. The average molecular weight is 412 g/mol. The lowest BCUT2D eigenvalue weighted by Gasteiger charge is -2.35. The average Bonchev–Trinajstić information content (AvgIpc) is 2.64. The van der Waals surface area contributed by atoms with E-state index in [-0.39, 0.29) is 11.7 Å². The maximum atomic E-state index is 12.3. The Morgan fingerprint density at radius 1 is 1.14 bits per heavy atom.